The molecule has 9 heteroatoms. The van der Waals surface area contributed by atoms with Gasteiger partial charge >= 0.3 is 5.82 Å². The minimum atomic E-state index is -0.482. The summed E-state index contributed by atoms with van der Waals surface area (Å²) in [5, 5.41) is 19.9. The Hall–Kier alpha value is -2.03. The zero-order chi connectivity index (χ0) is 12.6. The fourth-order valence-corrected chi connectivity index (χ4v) is 2.06. The lowest BCUT2D eigenvalue weighted by atomic mass is 10.6. The lowest BCUT2D eigenvalue weighted by molar-refractivity contribution is -0.391. The highest BCUT2D eigenvalue weighted by molar-refractivity contribution is 7.18. The molecule has 0 aliphatic carbocycles. The van der Waals surface area contributed by atoms with Gasteiger partial charge in [-0.25, -0.2) is 9.55 Å². The third kappa shape index (κ3) is 1.96. The van der Waals surface area contributed by atoms with E-state index in [1.54, 1.807) is 7.05 Å². The summed E-state index contributed by atoms with van der Waals surface area (Å²) in [6.45, 7) is 0. The van der Waals surface area contributed by atoms with Gasteiger partial charge in [-0.3, -0.25) is 0 Å². The van der Waals surface area contributed by atoms with E-state index in [2.05, 4.69) is 15.2 Å². The Labute approximate surface area is 101 Å². The van der Waals surface area contributed by atoms with Gasteiger partial charge in [-0.2, -0.15) is 0 Å². The van der Waals surface area contributed by atoms with Crippen molar-refractivity contribution in [2.24, 2.45) is 7.05 Å². The molecule has 90 valence electrons. The Morgan fingerprint density at radius 3 is 2.65 bits per heavy atom. The number of hydrogen-bond donors (Lipinski definition) is 0. The maximum Gasteiger partial charge on any atom is 0.342 e. The summed E-state index contributed by atoms with van der Waals surface area (Å²) in [6, 6.07) is 0. The van der Waals surface area contributed by atoms with E-state index in [-0.39, 0.29) is 5.82 Å². The van der Waals surface area contributed by atoms with Crippen molar-refractivity contribution in [3.05, 3.63) is 16.3 Å². The second kappa shape index (κ2) is 4.09. The Balaban J connectivity index is 2.43. The van der Waals surface area contributed by atoms with Crippen LogP contribution in [0, 0.1) is 10.1 Å². The van der Waals surface area contributed by atoms with Crippen LogP contribution < -0.4 is 4.90 Å². The maximum absolute atomic E-state index is 10.7. The Bertz CT molecular complexity index is 560. The van der Waals surface area contributed by atoms with Crippen molar-refractivity contribution in [2.45, 2.75) is 0 Å². The highest BCUT2D eigenvalue weighted by Crippen LogP contribution is 2.28. The van der Waals surface area contributed by atoms with Gasteiger partial charge in [0.1, 0.15) is 6.20 Å². The van der Waals surface area contributed by atoms with Crippen LogP contribution in [-0.4, -0.2) is 38.8 Å². The van der Waals surface area contributed by atoms with Crippen LogP contribution in [0.25, 0.3) is 10.8 Å². The molecule has 17 heavy (non-hydrogen) atoms. The van der Waals surface area contributed by atoms with Crippen LogP contribution in [0.1, 0.15) is 0 Å². The zero-order valence-electron chi connectivity index (χ0n) is 9.49. The largest absolute Gasteiger partial charge is 0.358 e. The molecule has 2 aromatic rings. The summed E-state index contributed by atoms with van der Waals surface area (Å²) in [5.41, 5.74) is 0. The molecule has 0 fully saturated rings. The molecular weight excluding hydrogens is 244 g/mol. The van der Waals surface area contributed by atoms with E-state index in [9.17, 15) is 10.1 Å². The molecule has 0 amide bonds. The van der Waals surface area contributed by atoms with Gasteiger partial charge in [0, 0.05) is 14.1 Å². The molecule has 0 saturated heterocycles. The topological polar surface area (TPSA) is 90.0 Å². The summed E-state index contributed by atoms with van der Waals surface area (Å²) < 4.78 is 1.39. The second-order valence-corrected chi connectivity index (χ2v) is 4.50. The molecule has 0 N–H and O–H groups in total. The van der Waals surface area contributed by atoms with Crippen molar-refractivity contribution in [3.8, 4) is 10.8 Å². The molecule has 2 heterocycles. The summed E-state index contributed by atoms with van der Waals surface area (Å²) in [7, 11) is 5.29. The van der Waals surface area contributed by atoms with Crippen molar-refractivity contribution >= 4 is 22.3 Å². The van der Waals surface area contributed by atoms with Gasteiger partial charge in [0.05, 0.1) is 7.05 Å². The van der Waals surface area contributed by atoms with E-state index in [4.69, 9.17) is 0 Å². The van der Waals surface area contributed by atoms with E-state index in [0.717, 1.165) is 5.13 Å². The molecule has 0 aromatic carbocycles. The molecule has 8 nitrogen and oxygen atoms in total. The molecular formula is C8H10N6O2S. The first-order chi connectivity index (χ1) is 8.00. The van der Waals surface area contributed by atoms with Gasteiger partial charge < -0.3 is 15.0 Å². The van der Waals surface area contributed by atoms with E-state index in [1.807, 2.05) is 19.0 Å². The van der Waals surface area contributed by atoms with Gasteiger partial charge in [-0.05, 0) is 4.92 Å². The third-order valence-corrected chi connectivity index (χ3v) is 3.23. The monoisotopic (exact) mass is 254 g/mol. The van der Waals surface area contributed by atoms with E-state index < -0.39 is 4.92 Å². The van der Waals surface area contributed by atoms with Crippen LogP contribution in [-0.2, 0) is 7.05 Å². The first-order valence-electron chi connectivity index (χ1n) is 4.68. The third-order valence-electron chi connectivity index (χ3n) is 2.14. The Morgan fingerprint density at radius 2 is 2.18 bits per heavy atom. The molecule has 0 radical (unpaired) electrons. The highest BCUT2D eigenvalue weighted by Gasteiger charge is 2.21. The van der Waals surface area contributed by atoms with Crippen LogP contribution in [0.4, 0.5) is 10.9 Å². The van der Waals surface area contributed by atoms with E-state index >= 15 is 0 Å². The molecule has 0 spiro atoms. The van der Waals surface area contributed by atoms with Crippen molar-refractivity contribution in [3.63, 3.8) is 0 Å². The first-order valence-corrected chi connectivity index (χ1v) is 5.49. The lowest BCUT2D eigenvalue weighted by Gasteiger charge is -2.03. The van der Waals surface area contributed by atoms with Gasteiger partial charge in [0.25, 0.3) is 5.82 Å². The van der Waals surface area contributed by atoms with Gasteiger partial charge in [0.15, 0.2) is 0 Å². The summed E-state index contributed by atoms with van der Waals surface area (Å²) in [4.78, 5) is 16.0. The number of rotatable bonds is 3. The first kappa shape index (κ1) is 11.5. The van der Waals surface area contributed by atoms with Gasteiger partial charge in [0.2, 0.25) is 10.1 Å². The Morgan fingerprint density at radius 1 is 1.47 bits per heavy atom. The molecule has 0 aliphatic rings. The second-order valence-electron chi connectivity index (χ2n) is 3.54. The number of nitro groups is 1. The minimum Gasteiger partial charge on any atom is -0.358 e. The number of nitrogens with zero attached hydrogens (tertiary/aromatic N) is 6. The fraction of sp³-hybridized carbons (Fsp3) is 0.375. The fourth-order valence-electron chi connectivity index (χ4n) is 1.26. The number of anilines is 1. The van der Waals surface area contributed by atoms with Gasteiger partial charge in [-0.1, -0.05) is 11.3 Å². The smallest absolute Gasteiger partial charge is 0.342 e. The molecule has 2 aromatic heterocycles. The van der Waals surface area contributed by atoms with Crippen LogP contribution in [0.3, 0.4) is 0 Å². The molecule has 0 atom stereocenters. The SMILES string of the molecule is CN(C)c1nnc(-c2ncc([N+](=O)[O-])n2C)s1. The highest BCUT2D eigenvalue weighted by atomic mass is 32.1. The minimum absolute atomic E-state index is 0.0680. The van der Waals surface area contributed by atoms with Crippen molar-refractivity contribution in [2.75, 3.05) is 19.0 Å². The van der Waals surface area contributed by atoms with Crippen LogP contribution >= 0.6 is 11.3 Å². The van der Waals surface area contributed by atoms with Crippen molar-refractivity contribution in [1.82, 2.24) is 19.7 Å². The van der Waals surface area contributed by atoms with E-state index in [1.165, 1.54) is 22.1 Å². The summed E-state index contributed by atoms with van der Waals surface area (Å²) in [5.74, 6) is 0.379. The lowest BCUT2D eigenvalue weighted by Crippen LogP contribution is -2.07. The molecule has 0 unspecified atom stereocenters. The number of aromatic nitrogens is 4. The van der Waals surface area contributed by atoms with Crippen LogP contribution in [0.15, 0.2) is 6.20 Å². The molecule has 2 rings (SSSR count). The van der Waals surface area contributed by atoms with Crippen LogP contribution in [0.2, 0.25) is 0 Å². The predicted molar refractivity (Wildman–Crippen MR) is 63.1 cm³/mol. The van der Waals surface area contributed by atoms with Crippen molar-refractivity contribution in [1.29, 1.82) is 0 Å². The molecule has 0 aliphatic heterocycles. The number of hydrogen-bond acceptors (Lipinski definition) is 7. The average Bonchev–Trinajstić information content (AvgIpc) is 2.82. The standard InChI is InChI=1S/C8H10N6O2S/c1-12(2)8-11-10-7(17-8)6-9-4-5(13(6)3)14(15)16/h4H,1-3H3. The summed E-state index contributed by atoms with van der Waals surface area (Å²) in [6.07, 6.45) is 1.21. The normalized spacial score (nSPS) is 10.5. The molecule has 0 bridgehead atoms. The quantitative estimate of drug-likeness (QED) is 0.597. The molecule has 0 saturated carbocycles. The maximum atomic E-state index is 10.7. The van der Waals surface area contributed by atoms with E-state index in [0.29, 0.717) is 10.8 Å². The average molecular weight is 254 g/mol. The Kier molecular flexibility index (Phi) is 2.76. The van der Waals surface area contributed by atoms with Gasteiger partial charge in [-0.15, -0.1) is 10.2 Å². The zero-order valence-corrected chi connectivity index (χ0v) is 10.3. The predicted octanol–water partition coefficient (Wildman–Crippen LogP) is 0.913. The van der Waals surface area contributed by atoms with Crippen molar-refractivity contribution < 1.29 is 4.92 Å². The number of imidazole rings is 1. The van der Waals surface area contributed by atoms with Crippen LogP contribution in [0.5, 0.6) is 0 Å². The summed E-state index contributed by atoms with van der Waals surface area (Å²) >= 11 is 1.33.